The highest BCUT2D eigenvalue weighted by atomic mass is 16.5. The van der Waals surface area contributed by atoms with E-state index >= 15 is 0 Å². The van der Waals surface area contributed by atoms with Gasteiger partial charge in [0.05, 0.1) is 27.0 Å². The van der Waals surface area contributed by atoms with Crippen LogP contribution in [-0.2, 0) is 22.5 Å². The molecule has 0 fully saturated rings. The van der Waals surface area contributed by atoms with Gasteiger partial charge in [0.1, 0.15) is 18.1 Å². The maximum Gasteiger partial charge on any atom is 0.290 e. The SMILES string of the molecule is CCOCCCN(CC(=O)N(CCc1ccc(OC)c(OC)c1)Cc1ccc(C)o1)C(=O)c1ccco1. The second-order valence-electron chi connectivity index (χ2n) is 8.52. The molecule has 3 aromatic rings. The van der Waals surface area contributed by atoms with Gasteiger partial charge in [-0.05, 0) is 68.7 Å². The average molecular weight is 513 g/mol. The van der Waals surface area contributed by atoms with Crippen molar-refractivity contribution in [2.75, 3.05) is 47.1 Å². The molecule has 3 rings (SSSR count). The van der Waals surface area contributed by atoms with Gasteiger partial charge < -0.3 is 32.8 Å². The Balaban J connectivity index is 1.75. The first-order chi connectivity index (χ1) is 17.9. The number of rotatable bonds is 15. The minimum atomic E-state index is -0.330. The molecule has 0 aliphatic rings. The van der Waals surface area contributed by atoms with E-state index in [9.17, 15) is 9.59 Å². The van der Waals surface area contributed by atoms with Crippen LogP contribution in [-0.4, -0.2) is 68.7 Å². The van der Waals surface area contributed by atoms with E-state index in [2.05, 4.69) is 0 Å². The van der Waals surface area contributed by atoms with Gasteiger partial charge in [0.15, 0.2) is 17.3 Å². The Labute approximate surface area is 217 Å². The number of carbonyl (C=O) groups is 2. The van der Waals surface area contributed by atoms with Crippen LogP contribution < -0.4 is 9.47 Å². The van der Waals surface area contributed by atoms with Crippen LogP contribution in [0, 0.1) is 6.92 Å². The fourth-order valence-electron chi connectivity index (χ4n) is 3.92. The fraction of sp³-hybridized carbons (Fsp3) is 0.429. The van der Waals surface area contributed by atoms with Crippen LogP contribution in [0.4, 0.5) is 0 Å². The van der Waals surface area contributed by atoms with Gasteiger partial charge in [-0.15, -0.1) is 0 Å². The first-order valence-electron chi connectivity index (χ1n) is 12.4. The molecular weight excluding hydrogens is 476 g/mol. The summed E-state index contributed by atoms with van der Waals surface area (Å²) in [4.78, 5) is 29.9. The zero-order chi connectivity index (χ0) is 26.6. The summed E-state index contributed by atoms with van der Waals surface area (Å²) in [5, 5.41) is 0. The Morgan fingerprint density at radius 2 is 1.78 bits per heavy atom. The number of amides is 2. The number of carbonyl (C=O) groups excluding carboxylic acids is 2. The molecule has 0 spiro atoms. The van der Waals surface area contributed by atoms with E-state index in [0.29, 0.717) is 62.9 Å². The van der Waals surface area contributed by atoms with Gasteiger partial charge in [-0.2, -0.15) is 0 Å². The summed E-state index contributed by atoms with van der Waals surface area (Å²) < 4.78 is 27.2. The molecule has 0 bridgehead atoms. The maximum atomic E-state index is 13.6. The van der Waals surface area contributed by atoms with Crippen LogP contribution >= 0.6 is 0 Å². The number of aryl methyl sites for hydroxylation is 1. The van der Waals surface area contributed by atoms with Crippen LogP contribution in [0.1, 0.15) is 41.0 Å². The highest BCUT2D eigenvalue weighted by molar-refractivity contribution is 5.94. The van der Waals surface area contributed by atoms with Gasteiger partial charge in [-0.25, -0.2) is 0 Å². The van der Waals surface area contributed by atoms with Crippen LogP contribution in [0.5, 0.6) is 11.5 Å². The Bertz CT molecular complexity index is 1120. The summed E-state index contributed by atoms with van der Waals surface area (Å²) in [7, 11) is 3.18. The standard InChI is InChI=1S/C28H36N2O7/c1-5-35-16-7-14-30(28(32)25-8-6-17-36-25)20-27(31)29(19-23-11-9-21(2)37-23)15-13-22-10-12-24(33-3)26(18-22)34-4/h6,8-12,17-18H,5,7,13-16,19-20H2,1-4H3. The third-order valence-electron chi connectivity index (χ3n) is 5.88. The number of hydrogen-bond donors (Lipinski definition) is 0. The molecule has 0 radical (unpaired) electrons. The lowest BCUT2D eigenvalue weighted by Gasteiger charge is -2.27. The molecule has 0 saturated heterocycles. The van der Waals surface area contributed by atoms with Gasteiger partial charge >= 0.3 is 0 Å². The van der Waals surface area contributed by atoms with E-state index < -0.39 is 0 Å². The van der Waals surface area contributed by atoms with Crippen molar-refractivity contribution in [2.45, 2.75) is 33.2 Å². The number of methoxy groups -OCH3 is 2. The van der Waals surface area contributed by atoms with E-state index in [1.165, 1.54) is 11.2 Å². The summed E-state index contributed by atoms with van der Waals surface area (Å²) in [5.74, 6) is 2.40. The first-order valence-corrected chi connectivity index (χ1v) is 12.4. The lowest BCUT2D eigenvalue weighted by Crippen LogP contribution is -2.43. The van der Waals surface area contributed by atoms with Crippen molar-refractivity contribution < 1.29 is 32.6 Å². The summed E-state index contributed by atoms with van der Waals surface area (Å²) in [6, 6.07) is 12.7. The Morgan fingerprint density at radius 1 is 0.973 bits per heavy atom. The molecule has 0 unspecified atom stereocenters. The molecule has 9 nitrogen and oxygen atoms in total. The number of furan rings is 2. The normalized spacial score (nSPS) is 10.8. The van der Waals surface area contributed by atoms with Crippen molar-refractivity contribution in [1.29, 1.82) is 0 Å². The summed E-state index contributed by atoms with van der Waals surface area (Å²) in [6.45, 7) is 5.88. The lowest BCUT2D eigenvalue weighted by molar-refractivity contribution is -0.132. The molecule has 0 saturated carbocycles. The molecule has 9 heteroatoms. The predicted octanol–water partition coefficient (Wildman–Crippen LogP) is 4.34. The molecule has 200 valence electrons. The van der Waals surface area contributed by atoms with Gasteiger partial charge in [0.2, 0.25) is 5.91 Å². The molecule has 0 aliphatic heterocycles. The molecule has 0 aliphatic carbocycles. The highest BCUT2D eigenvalue weighted by Gasteiger charge is 2.24. The molecule has 37 heavy (non-hydrogen) atoms. The van der Waals surface area contributed by atoms with Crippen molar-refractivity contribution in [3.05, 3.63) is 71.6 Å². The summed E-state index contributed by atoms with van der Waals surface area (Å²) in [5.41, 5.74) is 0.992. The van der Waals surface area contributed by atoms with Crippen LogP contribution in [0.25, 0.3) is 0 Å². The van der Waals surface area contributed by atoms with E-state index in [0.717, 1.165) is 11.3 Å². The van der Waals surface area contributed by atoms with Crippen LogP contribution in [0.2, 0.25) is 0 Å². The van der Waals surface area contributed by atoms with Crippen molar-refractivity contribution in [2.24, 2.45) is 0 Å². The highest BCUT2D eigenvalue weighted by Crippen LogP contribution is 2.28. The fourth-order valence-corrected chi connectivity index (χ4v) is 3.92. The van der Waals surface area contributed by atoms with E-state index in [-0.39, 0.29) is 24.1 Å². The topological polar surface area (TPSA) is 94.6 Å². The molecule has 2 amide bonds. The molecule has 0 atom stereocenters. The van der Waals surface area contributed by atoms with Crippen molar-refractivity contribution >= 4 is 11.8 Å². The molecular formula is C28H36N2O7. The number of ether oxygens (including phenoxy) is 3. The Morgan fingerprint density at radius 3 is 2.43 bits per heavy atom. The zero-order valence-electron chi connectivity index (χ0n) is 22.0. The minimum Gasteiger partial charge on any atom is -0.493 e. The Hall–Kier alpha value is -3.72. The van der Waals surface area contributed by atoms with E-state index in [1.807, 2.05) is 44.2 Å². The quantitative estimate of drug-likeness (QED) is 0.280. The average Bonchev–Trinajstić information content (AvgIpc) is 3.59. The largest absolute Gasteiger partial charge is 0.493 e. The molecule has 2 aromatic heterocycles. The third kappa shape index (κ3) is 8.15. The third-order valence-corrected chi connectivity index (χ3v) is 5.88. The monoisotopic (exact) mass is 512 g/mol. The molecule has 2 heterocycles. The van der Waals surface area contributed by atoms with Crippen molar-refractivity contribution in [3.63, 3.8) is 0 Å². The van der Waals surface area contributed by atoms with Gasteiger partial charge in [0.25, 0.3) is 5.91 Å². The summed E-state index contributed by atoms with van der Waals surface area (Å²) >= 11 is 0. The smallest absolute Gasteiger partial charge is 0.290 e. The second kappa shape index (κ2) is 14.1. The van der Waals surface area contributed by atoms with E-state index in [4.69, 9.17) is 23.0 Å². The zero-order valence-corrected chi connectivity index (χ0v) is 22.0. The van der Waals surface area contributed by atoms with Gasteiger partial charge in [-0.3, -0.25) is 9.59 Å². The number of benzene rings is 1. The molecule has 0 N–H and O–H groups in total. The van der Waals surface area contributed by atoms with Gasteiger partial charge in [-0.1, -0.05) is 6.07 Å². The molecule has 1 aromatic carbocycles. The lowest BCUT2D eigenvalue weighted by atomic mass is 10.1. The van der Waals surface area contributed by atoms with Crippen molar-refractivity contribution in [1.82, 2.24) is 9.80 Å². The van der Waals surface area contributed by atoms with E-state index in [1.54, 1.807) is 31.3 Å². The van der Waals surface area contributed by atoms with Gasteiger partial charge in [0, 0.05) is 26.3 Å². The maximum absolute atomic E-state index is 13.6. The second-order valence-corrected chi connectivity index (χ2v) is 8.52. The first kappa shape index (κ1) is 27.9. The van der Waals surface area contributed by atoms with Crippen LogP contribution in [0.15, 0.2) is 57.6 Å². The number of nitrogens with zero attached hydrogens (tertiary/aromatic N) is 2. The Kier molecular flexibility index (Phi) is 10.6. The number of hydrogen-bond acceptors (Lipinski definition) is 7. The summed E-state index contributed by atoms with van der Waals surface area (Å²) in [6.07, 6.45) is 2.64. The van der Waals surface area contributed by atoms with Crippen molar-refractivity contribution in [3.8, 4) is 11.5 Å². The minimum absolute atomic E-state index is 0.0860. The predicted molar refractivity (Wildman–Crippen MR) is 138 cm³/mol. The van der Waals surface area contributed by atoms with Crippen LogP contribution in [0.3, 0.4) is 0 Å².